The van der Waals surface area contributed by atoms with Crippen molar-refractivity contribution in [2.75, 3.05) is 33.7 Å². The van der Waals surface area contributed by atoms with E-state index in [9.17, 15) is 0 Å². The third-order valence-electron chi connectivity index (χ3n) is 2.89. The summed E-state index contributed by atoms with van der Waals surface area (Å²) in [6.45, 7) is 6.07. The topological polar surface area (TPSA) is 6.48 Å². The van der Waals surface area contributed by atoms with E-state index in [1.165, 1.54) is 38.9 Å². The van der Waals surface area contributed by atoms with Crippen molar-refractivity contribution in [1.29, 1.82) is 0 Å². The standard InChI is InChI=1S/C10H22N2/c1-4-7-12(3)10-5-8-11(2)9-6-10/h10H,4-9H2,1-3H3. The Hall–Kier alpha value is -0.0800. The second kappa shape index (κ2) is 4.83. The molecule has 0 spiro atoms. The summed E-state index contributed by atoms with van der Waals surface area (Å²) in [6, 6.07) is 0.848. The number of hydrogen-bond acceptors (Lipinski definition) is 2. The normalized spacial score (nSPS) is 22.0. The fourth-order valence-corrected chi connectivity index (χ4v) is 1.97. The summed E-state index contributed by atoms with van der Waals surface area (Å²) in [5.74, 6) is 0. The second-order valence-corrected chi connectivity index (χ2v) is 4.02. The number of piperidine rings is 1. The predicted octanol–water partition coefficient (Wildman–Crippen LogP) is 1.42. The monoisotopic (exact) mass is 170 g/mol. The first-order chi connectivity index (χ1) is 5.74. The average molecular weight is 170 g/mol. The molecule has 0 N–H and O–H groups in total. The minimum atomic E-state index is 0.848. The predicted molar refractivity (Wildman–Crippen MR) is 53.4 cm³/mol. The Labute approximate surface area is 76.5 Å². The van der Waals surface area contributed by atoms with Gasteiger partial charge in [0.25, 0.3) is 0 Å². The fourth-order valence-electron chi connectivity index (χ4n) is 1.97. The lowest BCUT2D eigenvalue weighted by Gasteiger charge is -2.34. The summed E-state index contributed by atoms with van der Waals surface area (Å²) in [4.78, 5) is 4.95. The van der Waals surface area contributed by atoms with Gasteiger partial charge in [0, 0.05) is 6.04 Å². The van der Waals surface area contributed by atoms with Crippen molar-refractivity contribution in [3.63, 3.8) is 0 Å². The molecule has 12 heavy (non-hydrogen) atoms. The average Bonchev–Trinajstić information content (AvgIpc) is 2.06. The lowest BCUT2D eigenvalue weighted by Crippen LogP contribution is -2.42. The molecule has 0 atom stereocenters. The molecular weight excluding hydrogens is 148 g/mol. The molecule has 72 valence electrons. The molecule has 0 radical (unpaired) electrons. The second-order valence-electron chi connectivity index (χ2n) is 4.02. The van der Waals surface area contributed by atoms with Crippen molar-refractivity contribution in [2.24, 2.45) is 0 Å². The summed E-state index contributed by atoms with van der Waals surface area (Å²) in [5, 5.41) is 0. The largest absolute Gasteiger partial charge is 0.306 e. The highest BCUT2D eigenvalue weighted by molar-refractivity contribution is 4.76. The highest BCUT2D eigenvalue weighted by Gasteiger charge is 2.19. The van der Waals surface area contributed by atoms with E-state index in [1.807, 2.05) is 0 Å². The molecular formula is C10H22N2. The van der Waals surface area contributed by atoms with Gasteiger partial charge in [-0.25, -0.2) is 0 Å². The molecule has 0 aromatic carbocycles. The smallest absolute Gasteiger partial charge is 0.0117 e. The maximum absolute atomic E-state index is 2.52. The first kappa shape index (κ1) is 10.0. The van der Waals surface area contributed by atoms with Gasteiger partial charge in [-0.05, 0) is 53.0 Å². The van der Waals surface area contributed by atoms with Crippen LogP contribution in [0.1, 0.15) is 26.2 Å². The minimum absolute atomic E-state index is 0.848. The van der Waals surface area contributed by atoms with E-state index in [0.717, 1.165) is 6.04 Å². The van der Waals surface area contributed by atoms with E-state index >= 15 is 0 Å². The molecule has 1 heterocycles. The maximum atomic E-state index is 2.52. The Morgan fingerprint density at radius 1 is 1.33 bits per heavy atom. The zero-order chi connectivity index (χ0) is 8.97. The molecule has 0 unspecified atom stereocenters. The molecule has 1 aliphatic rings. The molecule has 0 aromatic heterocycles. The van der Waals surface area contributed by atoms with E-state index in [2.05, 4.69) is 30.8 Å². The molecule has 0 bridgehead atoms. The van der Waals surface area contributed by atoms with Gasteiger partial charge in [0.05, 0.1) is 0 Å². The lowest BCUT2D eigenvalue weighted by atomic mass is 10.0. The molecule has 2 nitrogen and oxygen atoms in total. The molecule has 0 aliphatic carbocycles. The summed E-state index contributed by atoms with van der Waals surface area (Å²) in [5.41, 5.74) is 0. The van der Waals surface area contributed by atoms with E-state index in [1.54, 1.807) is 0 Å². The van der Waals surface area contributed by atoms with E-state index in [-0.39, 0.29) is 0 Å². The van der Waals surface area contributed by atoms with Crippen molar-refractivity contribution in [2.45, 2.75) is 32.2 Å². The third-order valence-corrected chi connectivity index (χ3v) is 2.89. The van der Waals surface area contributed by atoms with Crippen LogP contribution in [-0.2, 0) is 0 Å². The van der Waals surface area contributed by atoms with Crippen LogP contribution in [0.25, 0.3) is 0 Å². The summed E-state index contributed by atoms with van der Waals surface area (Å²) < 4.78 is 0. The van der Waals surface area contributed by atoms with Gasteiger partial charge < -0.3 is 9.80 Å². The summed E-state index contributed by atoms with van der Waals surface area (Å²) >= 11 is 0. The van der Waals surface area contributed by atoms with Crippen LogP contribution >= 0.6 is 0 Å². The summed E-state index contributed by atoms with van der Waals surface area (Å²) in [7, 11) is 4.48. The van der Waals surface area contributed by atoms with E-state index in [0.29, 0.717) is 0 Å². The van der Waals surface area contributed by atoms with Crippen LogP contribution in [-0.4, -0.2) is 49.6 Å². The van der Waals surface area contributed by atoms with Crippen molar-refractivity contribution >= 4 is 0 Å². The Balaban J connectivity index is 2.24. The van der Waals surface area contributed by atoms with Crippen molar-refractivity contribution in [3.05, 3.63) is 0 Å². The molecule has 0 aromatic rings. The molecule has 1 saturated heterocycles. The van der Waals surface area contributed by atoms with Gasteiger partial charge in [-0.15, -0.1) is 0 Å². The molecule has 1 fully saturated rings. The molecule has 1 rings (SSSR count). The zero-order valence-corrected chi connectivity index (χ0v) is 8.71. The highest BCUT2D eigenvalue weighted by Crippen LogP contribution is 2.13. The van der Waals surface area contributed by atoms with E-state index in [4.69, 9.17) is 0 Å². The highest BCUT2D eigenvalue weighted by atomic mass is 15.2. The first-order valence-electron chi connectivity index (χ1n) is 5.12. The fraction of sp³-hybridized carbons (Fsp3) is 1.00. The van der Waals surface area contributed by atoms with Crippen LogP contribution in [0.4, 0.5) is 0 Å². The maximum Gasteiger partial charge on any atom is 0.0117 e. The van der Waals surface area contributed by atoms with Crippen molar-refractivity contribution in [3.8, 4) is 0 Å². The molecule has 0 saturated carbocycles. The van der Waals surface area contributed by atoms with Crippen LogP contribution in [0, 0.1) is 0 Å². The van der Waals surface area contributed by atoms with Gasteiger partial charge in [-0.3, -0.25) is 0 Å². The Morgan fingerprint density at radius 2 is 1.92 bits per heavy atom. The lowest BCUT2D eigenvalue weighted by molar-refractivity contribution is 0.144. The van der Waals surface area contributed by atoms with Gasteiger partial charge in [-0.2, -0.15) is 0 Å². The van der Waals surface area contributed by atoms with Gasteiger partial charge in [0.2, 0.25) is 0 Å². The van der Waals surface area contributed by atoms with Crippen molar-refractivity contribution in [1.82, 2.24) is 9.80 Å². The Bertz CT molecular complexity index is 117. The van der Waals surface area contributed by atoms with Crippen LogP contribution in [0.2, 0.25) is 0 Å². The first-order valence-corrected chi connectivity index (χ1v) is 5.12. The van der Waals surface area contributed by atoms with Gasteiger partial charge >= 0.3 is 0 Å². The van der Waals surface area contributed by atoms with Gasteiger partial charge in [0.15, 0.2) is 0 Å². The zero-order valence-electron chi connectivity index (χ0n) is 8.71. The summed E-state index contributed by atoms with van der Waals surface area (Å²) in [6.07, 6.45) is 3.99. The van der Waals surface area contributed by atoms with Crippen LogP contribution in [0.3, 0.4) is 0 Å². The number of likely N-dealkylation sites (tertiary alicyclic amines) is 1. The van der Waals surface area contributed by atoms with Gasteiger partial charge in [-0.1, -0.05) is 6.92 Å². The quantitative estimate of drug-likeness (QED) is 0.632. The van der Waals surface area contributed by atoms with Crippen molar-refractivity contribution < 1.29 is 0 Å². The number of nitrogens with zero attached hydrogens (tertiary/aromatic N) is 2. The SMILES string of the molecule is CCCN(C)C1CCN(C)CC1. The minimum Gasteiger partial charge on any atom is -0.306 e. The number of hydrogen-bond donors (Lipinski definition) is 0. The van der Waals surface area contributed by atoms with Crippen LogP contribution in [0.5, 0.6) is 0 Å². The molecule has 0 amide bonds. The Morgan fingerprint density at radius 3 is 2.42 bits per heavy atom. The number of rotatable bonds is 3. The van der Waals surface area contributed by atoms with Gasteiger partial charge in [0.1, 0.15) is 0 Å². The molecule has 2 heteroatoms. The van der Waals surface area contributed by atoms with Crippen LogP contribution < -0.4 is 0 Å². The van der Waals surface area contributed by atoms with Crippen LogP contribution in [0.15, 0.2) is 0 Å². The van der Waals surface area contributed by atoms with E-state index < -0.39 is 0 Å². The molecule has 1 aliphatic heterocycles. The Kier molecular flexibility index (Phi) is 4.02. The third kappa shape index (κ3) is 2.76.